The highest BCUT2D eigenvalue weighted by Gasteiger charge is 2.34. The van der Waals surface area contributed by atoms with Gasteiger partial charge in [0, 0.05) is 17.7 Å². The van der Waals surface area contributed by atoms with Crippen molar-refractivity contribution in [3.8, 4) is 17.2 Å². The molecule has 3 unspecified atom stereocenters. The first kappa shape index (κ1) is 13.5. The highest BCUT2D eigenvalue weighted by atomic mass is 16.3. The molecule has 0 heterocycles. The summed E-state index contributed by atoms with van der Waals surface area (Å²) in [6.45, 7) is 0. The van der Waals surface area contributed by atoms with E-state index in [0.29, 0.717) is 17.8 Å². The molecule has 3 atom stereocenters. The molecule has 0 saturated heterocycles. The minimum absolute atomic E-state index is 0.0211. The van der Waals surface area contributed by atoms with Gasteiger partial charge in [-0.25, -0.2) is 5.43 Å². The van der Waals surface area contributed by atoms with Gasteiger partial charge in [0.25, 0.3) is 5.91 Å². The number of rotatable bonds is 3. The lowest BCUT2D eigenvalue weighted by atomic mass is 9.95. The first-order valence-corrected chi connectivity index (χ1v) is 6.81. The van der Waals surface area contributed by atoms with Crippen molar-refractivity contribution in [2.75, 3.05) is 0 Å². The second kappa shape index (κ2) is 5.12. The summed E-state index contributed by atoms with van der Waals surface area (Å²) in [6, 6.07) is 2.14. The van der Waals surface area contributed by atoms with Gasteiger partial charge >= 0.3 is 0 Å². The Kier molecular flexibility index (Phi) is 3.29. The maximum Gasteiger partial charge on any atom is 0.271 e. The molecule has 3 rings (SSSR count). The van der Waals surface area contributed by atoms with Crippen molar-refractivity contribution in [3.63, 3.8) is 0 Å². The SMILES string of the molecule is O=C(N/N=C/C1CC2C=CC1C2)c1cc(O)c(O)c(O)c1. The van der Waals surface area contributed by atoms with Gasteiger partial charge in [-0.3, -0.25) is 4.79 Å². The molecule has 1 fully saturated rings. The van der Waals surface area contributed by atoms with Gasteiger partial charge in [-0.2, -0.15) is 5.10 Å². The van der Waals surface area contributed by atoms with Crippen LogP contribution in [-0.2, 0) is 0 Å². The zero-order chi connectivity index (χ0) is 15.0. The molecule has 2 bridgehead atoms. The van der Waals surface area contributed by atoms with Crippen molar-refractivity contribution < 1.29 is 20.1 Å². The third kappa shape index (κ3) is 2.56. The number of fused-ring (bicyclic) bond motifs is 2. The molecule has 6 heteroatoms. The molecule has 1 aromatic carbocycles. The van der Waals surface area contributed by atoms with E-state index in [2.05, 4.69) is 22.7 Å². The van der Waals surface area contributed by atoms with E-state index in [9.17, 15) is 20.1 Å². The maximum atomic E-state index is 11.9. The number of carbonyl (C=O) groups excluding carboxylic acids is 1. The topological polar surface area (TPSA) is 102 Å². The Morgan fingerprint density at radius 2 is 1.90 bits per heavy atom. The van der Waals surface area contributed by atoms with Gasteiger partial charge in [0.2, 0.25) is 0 Å². The van der Waals surface area contributed by atoms with E-state index in [1.807, 2.05) is 0 Å². The summed E-state index contributed by atoms with van der Waals surface area (Å²) in [4.78, 5) is 11.9. The molecule has 21 heavy (non-hydrogen) atoms. The second-order valence-electron chi connectivity index (χ2n) is 5.53. The van der Waals surface area contributed by atoms with Gasteiger partial charge in [0.05, 0.1) is 0 Å². The van der Waals surface area contributed by atoms with Gasteiger partial charge in [0.15, 0.2) is 17.2 Å². The average molecular weight is 288 g/mol. The van der Waals surface area contributed by atoms with Crippen LogP contribution in [0.4, 0.5) is 0 Å². The van der Waals surface area contributed by atoms with Crippen LogP contribution in [0, 0.1) is 17.8 Å². The maximum absolute atomic E-state index is 11.9. The van der Waals surface area contributed by atoms with Crippen LogP contribution in [0.3, 0.4) is 0 Å². The molecule has 0 aliphatic heterocycles. The van der Waals surface area contributed by atoms with Crippen LogP contribution in [0.25, 0.3) is 0 Å². The predicted octanol–water partition coefficient (Wildman–Crippen LogP) is 1.73. The van der Waals surface area contributed by atoms with Crippen LogP contribution in [-0.4, -0.2) is 27.4 Å². The highest BCUT2D eigenvalue weighted by Crippen LogP contribution is 2.42. The Bertz CT molecular complexity index is 616. The van der Waals surface area contributed by atoms with Crippen LogP contribution in [0.15, 0.2) is 29.4 Å². The van der Waals surface area contributed by atoms with Crippen LogP contribution in [0.2, 0.25) is 0 Å². The Morgan fingerprint density at radius 1 is 1.19 bits per heavy atom. The van der Waals surface area contributed by atoms with Crippen molar-refractivity contribution in [2.45, 2.75) is 12.8 Å². The number of benzene rings is 1. The summed E-state index contributed by atoms with van der Waals surface area (Å²) in [5.74, 6) is -0.823. The molecule has 0 radical (unpaired) electrons. The molecule has 110 valence electrons. The van der Waals surface area contributed by atoms with Crippen LogP contribution in [0.5, 0.6) is 17.2 Å². The molecular weight excluding hydrogens is 272 g/mol. The first-order chi connectivity index (χ1) is 10.0. The summed E-state index contributed by atoms with van der Waals surface area (Å²) >= 11 is 0. The molecule has 2 aliphatic rings. The van der Waals surface area contributed by atoms with Gasteiger partial charge in [-0.1, -0.05) is 12.2 Å². The fourth-order valence-electron chi connectivity index (χ4n) is 2.99. The van der Waals surface area contributed by atoms with Gasteiger partial charge in [0.1, 0.15) is 0 Å². The fourth-order valence-corrected chi connectivity index (χ4v) is 2.99. The summed E-state index contributed by atoms with van der Waals surface area (Å²) < 4.78 is 0. The van der Waals surface area contributed by atoms with E-state index >= 15 is 0 Å². The number of amides is 1. The number of phenolic OH excluding ortho intramolecular Hbond substituents is 3. The average Bonchev–Trinajstić information content (AvgIpc) is 3.06. The summed E-state index contributed by atoms with van der Waals surface area (Å²) in [5, 5.41) is 31.9. The number of hydrogen-bond donors (Lipinski definition) is 4. The third-order valence-corrected chi connectivity index (χ3v) is 4.09. The second-order valence-corrected chi connectivity index (χ2v) is 5.53. The largest absolute Gasteiger partial charge is 0.504 e. The molecule has 1 saturated carbocycles. The monoisotopic (exact) mass is 288 g/mol. The van der Waals surface area contributed by atoms with E-state index in [4.69, 9.17) is 0 Å². The predicted molar refractivity (Wildman–Crippen MR) is 76.2 cm³/mol. The third-order valence-electron chi connectivity index (χ3n) is 4.09. The van der Waals surface area contributed by atoms with E-state index < -0.39 is 23.2 Å². The summed E-state index contributed by atoms with van der Waals surface area (Å²) in [6.07, 6.45) is 8.39. The number of nitrogens with one attached hydrogen (secondary N) is 1. The van der Waals surface area contributed by atoms with E-state index in [-0.39, 0.29) is 5.56 Å². The van der Waals surface area contributed by atoms with Gasteiger partial charge in [-0.05, 0) is 36.8 Å². The van der Waals surface area contributed by atoms with E-state index in [0.717, 1.165) is 25.0 Å². The van der Waals surface area contributed by atoms with Crippen molar-refractivity contribution in [1.29, 1.82) is 0 Å². The van der Waals surface area contributed by atoms with E-state index in [1.54, 1.807) is 6.21 Å². The van der Waals surface area contributed by atoms with Crippen molar-refractivity contribution in [3.05, 3.63) is 29.8 Å². The number of carbonyl (C=O) groups is 1. The number of aromatic hydroxyl groups is 3. The molecule has 2 aliphatic carbocycles. The lowest BCUT2D eigenvalue weighted by molar-refractivity contribution is 0.0954. The number of nitrogens with zero attached hydrogens (tertiary/aromatic N) is 1. The smallest absolute Gasteiger partial charge is 0.271 e. The molecule has 6 nitrogen and oxygen atoms in total. The molecular formula is C15H16N2O4. The Hall–Kier alpha value is -2.50. The quantitative estimate of drug-likeness (QED) is 0.294. The number of hydrazone groups is 1. The van der Waals surface area contributed by atoms with Crippen LogP contribution < -0.4 is 5.43 Å². The van der Waals surface area contributed by atoms with Crippen molar-refractivity contribution >= 4 is 12.1 Å². The fraction of sp³-hybridized carbons (Fsp3) is 0.333. The normalized spacial score (nSPS) is 26.6. The zero-order valence-corrected chi connectivity index (χ0v) is 11.2. The molecule has 0 spiro atoms. The van der Waals surface area contributed by atoms with Gasteiger partial charge in [-0.15, -0.1) is 0 Å². The van der Waals surface area contributed by atoms with Crippen LogP contribution >= 0.6 is 0 Å². The Morgan fingerprint density at radius 3 is 2.48 bits per heavy atom. The lowest BCUT2D eigenvalue weighted by Crippen LogP contribution is -2.19. The van der Waals surface area contributed by atoms with E-state index in [1.165, 1.54) is 0 Å². The summed E-state index contributed by atoms with van der Waals surface area (Å²) in [5.41, 5.74) is 2.38. The van der Waals surface area contributed by atoms with Crippen LogP contribution in [0.1, 0.15) is 23.2 Å². The van der Waals surface area contributed by atoms with Gasteiger partial charge < -0.3 is 15.3 Å². The zero-order valence-electron chi connectivity index (χ0n) is 11.2. The van der Waals surface area contributed by atoms with Crippen molar-refractivity contribution in [2.24, 2.45) is 22.9 Å². The minimum Gasteiger partial charge on any atom is -0.504 e. The standard InChI is InChI=1S/C15H16N2O4/c18-12-5-10(6-13(19)14(12)20)15(21)17-16-7-11-4-8-1-2-9(11)3-8/h1-2,5-9,11,18-20H,3-4H2,(H,17,21)/b16-7+. The Labute approximate surface area is 121 Å². The molecule has 4 N–H and O–H groups in total. The number of hydrogen-bond acceptors (Lipinski definition) is 5. The molecule has 1 amide bonds. The van der Waals surface area contributed by atoms with Crippen molar-refractivity contribution in [1.82, 2.24) is 5.43 Å². The molecule has 1 aromatic rings. The summed E-state index contributed by atoms with van der Waals surface area (Å²) in [7, 11) is 0. The molecule has 0 aromatic heterocycles. The first-order valence-electron chi connectivity index (χ1n) is 6.81. The lowest BCUT2D eigenvalue weighted by Gasteiger charge is -2.12. The number of phenols is 3. The number of allylic oxidation sites excluding steroid dienone is 2. The minimum atomic E-state index is -0.649. The highest BCUT2D eigenvalue weighted by molar-refractivity contribution is 5.95. The Balaban J connectivity index is 1.63.